The van der Waals surface area contributed by atoms with Crippen LogP contribution in [0, 0.1) is 12.7 Å². The molecular formula is C34H28FN3O8S. The van der Waals surface area contributed by atoms with Crippen molar-refractivity contribution >= 4 is 49.7 Å². The van der Waals surface area contributed by atoms with Crippen LogP contribution >= 0.6 is 0 Å². The van der Waals surface area contributed by atoms with Gasteiger partial charge in [-0.3, -0.25) is 9.10 Å². The number of aromatic carboxylic acids is 1. The Morgan fingerprint density at radius 3 is 2.30 bits per heavy atom. The Bertz CT molecular complexity index is 2340. The third-order valence-electron chi connectivity index (χ3n) is 7.99. The number of halogens is 1. The van der Waals surface area contributed by atoms with Crippen molar-refractivity contribution in [3.05, 3.63) is 89.2 Å². The number of benzene rings is 4. The summed E-state index contributed by atoms with van der Waals surface area (Å²) >= 11 is 0. The molecule has 0 fully saturated rings. The number of carbonyl (C=O) groups excluding carboxylic acids is 1. The number of hydrogen-bond donors (Lipinski definition) is 2. The van der Waals surface area contributed by atoms with Gasteiger partial charge < -0.3 is 24.0 Å². The number of ether oxygens (including phenoxy) is 1. The summed E-state index contributed by atoms with van der Waals surface area (Å²) in [6.07, 6.45) is 1.06. The molecule has 13 heteroatoms. The van der Waals surface area contributed by atoms with Crippen LogP contribution in [0.2, 0.25) is 0 Å². The van der Waals surface area contributed by atoms with E-state index in [9.17, 15) is 27.5 Å². The molecule has 0 saturated carbocycles. The third-order valence-corrected chi connectivity index (χ3v) is 9.18. The van der Waals surface area contributed by atoms with Gasteiger partial charge in [-0.25, -0.2) is 22.6 Å². The third kappa shape index (κ3) is 5.44. The highest BCUT2D eigenvalue weighted by Gasteiger charge is 2.27. The lowest BCUT2D eigenvalue weighted by molar-refractivity contribution is 0.0696. The molecule has 0 aliphatic carbocycles. The van der Waals surface area contributed by atoms with Crippen molar-refractivity contribution in [1.82, 2.24) is 10.3 Å². The number of aromatic nitrogens is 1. The van der Waals surface area contributed by atoms with E-state index in [1.807, 2.05) is 0 Å². The monoisotopic (exact) mass is 657 g/mol. The van der Waals surface area contributed by atoms with Crippen LogP contribution in [0.5, 0.6) is 5.75 Å². The van der Waals surface area contributed by atoms with Crippen LogP contribution in [-0.4, -0.2) is 57.8 Å². The van der Waals surface area contributed by atoms with Crippen LogP contribution in [0.15, 0.2) is 75.6 Å². The SMILES string of the molecule is CNC(=O)c1c(-c2ccc(F)cc2)oc2cc(N(C)S(C)(=O)=O)c(-c3ccc(OC)c(-c4nc5c(C)c(C(=O)O)ccc5o4)c3)cc12. The molecule has 47 heavy (non-hydrogen) atoms. The summed E-state index contributed by atoms with van der Waals surface area (Å²) in [4.78, 5) is 29.6. The van der Waals surface area contributed by atoms with E-state index in [0.29, 0.717) is 50.1 Å². The Balaban J connectivity index is 1.62. The summed E-state index contributed by atoms with van der Waals surface area (Å²) < 4.78 is 58.3. The molecular weight excluding hydrogens is 629 g/mol. The van der Waals surface area contributed by atoms with Crippen molar-refractivity contribution < 1.29 is 41.1 Å². The van der Waals surface area contributed by atoms with Crippen LogP contribution in [0.4, 0.5) is 10.1 Å². The number of carbonyl (C=O) groups is 2. The molecule has 1 amide bonds. The first-order valence-corrected chi connectivity index (χ1v) is 16.0. The molecule has 0 radical (unpaired) electrons. The number of anilines is 1. The lowest BCUT2D eigenvalue weighted by Gasteiger charge is -2.21. The van der Waals surface area contributed by atoms with Gasteiger partial charge in [-0.1, -0.05) is 6.07 Å². The minimum absolute atomic E-state index is 0.0897. The van der Waals surface area contributed by atoms with Gasteiger partial charge in [0, 0.05) is 36.7 Å². The van der Waals surface area contributed by atoms with Gasteiger partial charge in [-0.2, -0.15) is 0 Å². The van der Waals surface area contributed by atoms with Gasteiger partial charge >= 0.3 is 5.97 Å². The van der Waals surface area contributed by atoms with E-state index in [0.717, 1.165) is 10.6 Å². The zero-order valence-corrected chi connectivity index (χ0v) is 26.7. The number of fused-ring (bicyclic) bond motifs is 2. The minimum atomic E-state index is -3.78. The molecule has 0 aliphatic rings. The van der Waals surface area contributed by atoms with Crippen LogP contribution in [0.25, 0.3) is 56.0 Å². The number of sulfonamides is 1. The Kier molecular flexibility index (Phi) is 7.72. The van der Waals surface area contributed by atoms with E-state index >= 15 is 0 Å². The van der Waals surface area contributed by atoms with Crippen molar-refractivity contribution in [3.63, 3.8) is 0 Å². The largest absolute Gasteiger partial charge is 0.496 e. The van der Waals surface area contributed by atoms with Gasteiger partial charge in [0.1, 0.15) is 28.4 Å². The molecule has 2 N–H and O–H groups in total. The Labute approximate surface area is 268 Å². The van der Waals surface area contributed by atoms with E-state index < -0.39 is 27.7 Å². The van der Waals surface area contributed by atoms with Gasteiger partial charge in [-0.15, -0.1) is 0 Å². The van der Waals surface area contributed by atoms with Crippen LogP contribution < -0.4 is 14.4 Å². The maximum absolute atomic E-state index is 13.7. The first-order chi connectivity index (χ1) is 22.3. The topological polar surface area (TPSA) is 152 Å². The predicted octanol–water partition coefficient (Wildman–Crippen LogP) is 6.48. The van der Waals surface area contributed by atoms with Crippen molar-refractivity contribution in [2.45, 2.75) is 6.92 Å². The maximum atomic E-state index is 13.7. The molecule has 0 spiro atoms. The zero-order valence-electron chi connectivity index (χ0n) is 25.8. The zero-order chi connectivity index (χ0) is 33.8. The molecule has 2 heterocycles. The quantitative estimate of drug-likeness (QED) is 0.187. The second-order valence-corrected chi connectivity index (χ2v) is 12.8. The second kappa shape index (κ2) is 11.6. The van der Waals surface area contributed by atoms with Crippen molar-refractivity contribution in [2.24, 2.45) is 0 Å². The first kappa shape index (κ1) is 31.3. The highest BCUT2D eigenvalue weighted by atomic mass is 32.2. The van der Waals surface area contributed by atoms with Crippen molar-refractivity contribution in [2.75, 3.05) is 31.8 Å². The van der Waals surface area contributed by atoms with Gasteiger partial charge in [0.2, 0.25) is 15.9 Å². The molecule has 0 atom stereocenters. The molecule has 2 aromatic heterocycles. The Hall–Kier alpha value is -5.69. The summed E-state index contributed by atoms with van der Waals surface area (Å²) in [5.41, 5.74) is 3.73. The molecule has 0 saturated heterocycles. The molecule has 0 bridgehead atoms. The summed E-state index contributed by atoms with van der Waals surface area (Å²) in [5, 5.41) is 12.6. The van der Waals surface area contributed by atoms with Gasteiger partial charge in [0.05, 0.1) is 35.7 Å². The number of carboxylic acid groups (broad SMARTS) is 1. The van der Waals surface area contributed by atoms with Crippen LogP contribution in [0.1, 0.15) is 26.3 Å². The average Bonchev–Trinajstić information content (AvgIpc) is 3.65. The molecule has 11 nitrogen and oxygen atoms in total. The molecule has 4 aromatic carbocycles. The number of oxazole rings is 1. The maximum Gasteiger partial charge on any atom is 0.336 e. The van der Waals surface area contributed by atoms with E-state index in [1.165, 1.54) is 63.7 Å². The van der Waals surface area contributed by atoms with Gasteiger partial charge in [0.15, 0.2) is 5.58 Å². The molecule has 0 aliphatic heterocycles. The average molecular weight is 658 g/mol. The standard InChI is InChI=1S/C34H28FN3O8S/c1-17-21(34(40)41)11-13-27-30(17)37-33(46-27)24-14-19(8-12-26(24)44-4)22-15-23-28(16-25(22)38(3)47(5,42)43)45-31(29(23)32(39)36-2)18-6-9-20(35)10-7-18/h6-16H,1-5H3,(H,36,39)(H,40,41). The van der Waals surface area contributed by atoms with E-state index in [2.05, 4.69) is 10.3 Å². The summed E-state index contributed by atoms with van der Waals surface area (Å²) in [6, 6.07) is 16.7. The number of nitrogens with one attached hydrogen (secondary N) is 1. The fourth-order valence-electron chi connectivity index (χ4n) is 5.47. The number of furan rings is 1. The van der Waals surface area contributed by atoms with Crippen LogP contribution in [0.3, 0.4) is 0 Å². The van der Waals surface area contributed by atoms with E-state index in [1.54, 1.807) is 31.2 Å². The molecule has 6 aromatic rings. The van der Waals surface area contributed by atoms with Gasteiger partial charge in [0.25, 0.3) is 5.91 Å². The molecule has 6 rings (SSSR count). The minimum Gasteiger partial charge on any atom is -0.496 e. The lowest BCUT2D eigenvalue weighted by atomic mass is 9.97. The Morgan fingerprint density at radius 1 is 0.957 bits per heavy atom. The lowest BCUT2D eigenvalue weighted by Crippen LogP contribution is -2.25. The highest BCUT2D eigenvalue weighted by Crippen LogP contribution is 2.43. The smallest absolute Gasteiger partial charge is 0.336 e. The van der Waals surface area contributed by atoms with Crippen molar-refractivity contribution in [3.8, 4) is 39.7 Å². The first-order valence-electron chi connectivity index (χ1n) is 14.2. The van der Waals surface area contributed by atoms with Crippen molar-refractivity contribution in [1.29, 1.82) is 0 Å². The summed E-state index contributed by atoms with van der Waals surface area (Å²) in [6.45, 7) is 1.64. The number of rotatable bonds is 8. The summed E-state index contributed by atoms with van der Waals surface area (Å²) in [5.74, 6) is -1.29. The Morgan fingerprint density at radius 2 is 1.66 bits per heavy atom. The number of amides is 1. The fraction of sp³-hybridized carbons (Fsp3) is 0.147. The predicted molar refractivity (Wildman–Crippen MR) is 175 cm³/mol. The normalized spacial score (nSPS) is 11.6. The van der Waals surface area contributed by atoms with E-state index in [-0.39, 0.29) is 34.0 Å². The fourth-order valence-corrected chi connectivity index (χ4v) is 5.98. The number of hydrogen-bond acceptors (Lipinski definition) is 8. The number of nitrogens with zero attached hydrogens (tertiary/aromatic N) is 2. The van der Waals surface area contributed by atoms with Crippen LogP contribution in [-0.2, 0) is 10.0 Å². The number of methoxy groups -OCH3 is 1. The highest BCUT2D eigenvalue weighted by molar-refractivity contribution is 7.92. The number of aryl methyl sites for hydroxylation is 1. The molecule has 0 unspecified atom stereocenters. The van der Waals surface area contributed by atoms with Gasteiger partial charge in [-0.05, 0) is 72.6 Å². The van der Waals surface area contributed by atoms with E-state index in [4.69, 9.17) is 13.6 Å². The molecule has 240 valence electrons. The second-order valence-electron chi connectivity index (χ2n) is 10.8. The summed E-state index contributed by atoms with van der Waals surface area (Å²) in [7, 11) is 0.569. The number of carboxylic acids is 1.